The number of hydrogen-bond donors (Lipinski definition) is 1. The van der Waals surface area contributed by atoms with E-state index in [-0.39, 0.29) is 6.04 Å². The largest absolute Gasteiger partial charge is 0.327 e. The Morgan fingerprint density at radius 1 is 1.41 bits per heavy atom. The number of hydrogen-bond acceptors (Lipinski definition) is 1. The van der Waals surface area contributed by atoms with Crippen LogP contribution < -0.4 is 5.73 Å². The molecule has 1 saturated carbocycles. The first kappa shape index (κ1) is 12.9. The quantitative estimate of drug-likeness (QED) is 0.865. The minimum atomic E-state index is 0.264. The van der Waals surface area contributed by atoms with Crippen molar-refractivity contribution >= 4 is 11.6 Å². The van der Waals surface area contributed by atoms with Crippen molar-refractivity contribution in [2.45, 2.75) is 45.6 Å². The highest BCUT2D eigenvalue weighted by Crippen LogP contribution is 2.33. The van der Waals surface area contributed by atoms with E-state index in [2.05, 4.69) is 26.0 Å². The fourth-order valence-corrected chi connectivity index (χ4v) is 3.19. The SMILES string of the molecule is Cc1ccc(CC(N)C2CCC(C)C2)c(Cl)c1. The molecule has 94 valence electrons. The summed E-state index contributed by atoms with van der Waals surface area (Å²) >= 11 is 6.25. The van der Waals surface area contributed by atoms with Crippen LogP contribution in [0.4, 0.5) is 0 Å². The van der Waals surface area contributed by atoms with Gasteiger partial charge in [-0.1, -0.05) is 37.1 Å². The summed E-state index contributed by atoms with van der Waals surface area (Å²) in [6.07, 6.45) is 4.81. The average molecular weight is 252 g/mol. The molecule has 2 N–H and O–H groups in total. The second-order valence-corrected chi connectivity index (χ2v) is 6.05. The van der Waals surface area contributed by atoms with E-state index in [0.717, 1.165) is 17.4 Å². The van der Waals surface area contributed by atoms with Gasteiger partial charge in [-0.2, -0.15) is 0 Å². The van der Waals surface area contributed by atoms with Crippen LogP contribution in [0.3, 0.4) is 0 Å². The lowest BCUT2D eigenvalue weighted by Gasteiger charge is -2.20. The summed E-state index contributed by atoms with van der Waals surface area (Å²) < 4.78 is 0. The maximum atomic E-state index is 6.32. The van der Waals surface area contributed by atoms with E-state index in [9.17, 15) is 0 Å². The van der Waals surface area contributed by atoms with Crippen LogP contribution in [0.25, 0.3) is 0 Å². The van der Waals surface area contributed by atoms with Gasteiger partial charge in [0.25, 0.3) is 0 Å². The van der Waals surface area contributed by atoms with Crippen LogP contribution >= 0.6 is 11.6 Å². The van der Waals surface area contributed by atoms with Crippen LogP contribution in [-0.2, 0) is 6.42 Å². The second kappa shape index (κ2) is 5.41. The molecular formula is C15H22ClN. The van der Waals surface area contributed by atoms with Gasteiger partial charge in [0.15, 0.2) is 0 Å². The van der Waals surface area contributed by atoms with Crippen LogP contribution in [-0.4, -0.2) is 6.04 Å². The third-order valence-electron chi connectivity index (χ3n) is 4.01. The molecule has 0 spiro atoms. The highest BCUT2D eigenvalue weighted by molar-refractivity contribution is 6.31. The molecular weight excluding hydrogens is 230 g/mol. The molecule has 0 aromatic heterocycles. The van der Waals surface area contributed by atoms with Crippen LogP contribution in [0, 0.1) is 18.8 Å². The van der Waals surface area contributed by atoms with Gasteiger partial charge in [0.2, 0.25) is 0 Å². The number of aryl methyl sites for hydroxylation is 1. The molecule has 1 fully saturated rings. The zero-order valence-electron chi connectivity index (χ0n) is 10.7. The van der Waals surface area contributed by atoms with Gasteiger partial charge >= 0.3 is 0 Å². The van der Waals surface area contributed by atoms with E-state index in [0.29, 0.717) is 5.92 Å². The average Bonchev–Trinajstić information content (AvgIpc) is 2.69. The standard InChI is InChI=1S/C15H22ClN/c1-10-4-6-13(7-10)15(17)9-12-5-3-11(2)8-14(12)16/h3,5,8,10,13,15H,4,6-7,9,17H2,1-2H3. The van der Waals surface area contributed by atoms with E-state index in [1.807, 2.05) is 6.07 Å². The van der Waals surface area contributed by atoms with Gasteiger partial charge in [-0.15, -0.1) is 0 Å². The molecule has 0 saturated heterocycles. The highest BCUT2D eigenvalue weighted by atomic mass is 35.5. The Bertz CT molecular complexity index is 389. The van der Waals surface area contributed by atoms with E-state index in [1.54, 1.807) is 0 Å². The Morgan fingerprint density at radius 2 is 2.18 bits per heavy atom. The molecule has 0 amide bonds. The molecule has 2 rings (SSSR count). The molecule has 1 aromatic carbocycles. The topological polar surface area (TPSA) is 26.0 Å². The lowest BCUT2D eigenvalue weighted by molar-refractivity contribution is 0.415. The number of benzene rings is 1. The van der Waals surface area contributed by atoms with Gasteiger partial charge in [0.05, 0.1) is 0 Å². The predicted octanol–water partition coefficient (Wildman–Crippen LogP) is 3.95. The molecule has 2 heteroatoms. The van der Waals surface area contributed by atoms with E-state index in [1.165, 1.54) is 30.4 Å². The lowest BCUT2D eigenvalue weighted by atomic mass is 9.92. The third-order valence-corrected chi connectivity index (χ3v) is 4.36. The summed E-state index contributed by atoms with van der Waals surface area (Å²) in [5.74, 6) is 1.53. The molecule has 3 atom stereocenters. The summed E-state index contributed by atoms with van der Waals surface area (Å²) in [5, 5.41) is 0.867. The lowest BCUT2D eigenvalue weighted by Crippen LogP contribution is -2.31. The zero-order valence-corrected chi connectivity index (χ0v) is 11.5. The van der Waals surface area contributed by atoms with Crippen molar-refractivity contribution in [1.29, 1.82) is 0 Å². The fourth-order valence-electron chi connectivity index (χ4n) is 2.88. The predicted molar refractivity (Wildman–Crippen MR) is 74.4 cm³/mol. The minimum absolute atomic E-state index is 0.264. The fraction of sp³-hybridized carbons (Fsp3) is 0.600. The maximum absolute atomic E-state index is 6.32. The van der Waals surface area contributed by atoms with Gasteiger partial charge in [0, 0.05) is 11.1 Å². The monoisotopic (exact) mass is 251 g/mol. The Balaban J connectivity index is 2.00. The van der Waals surface area contributed by atoms with Crippen molar-refractivity contribution in [3.8, 4) is 0 Å². The molecule has 0 aliphatic heterocycles. The molecule has 1 aliphatic carbocycles. The Kier molecular flexibility index (Phi) is 4.11. The Morgan fingerprint density at radius 3 is 2.76 bits per heavy atom. The molecule has 0 radical (unpaired) electrons. The number of nitrogens with two attached hydrogens (primary N) is 1. The molecule has 17 heavy (non-hydrogen) atoms. The van der Waals surface area contributed by atoms with Crippen LogP contribution in [0.1, 0.15) is 37.3 Å². The summed E-state index contributed by atoms with van der Waals surface area (Å²) in [6.45, 7) is 4.39. The van der Waals surface area contributed by atoms with Gasteiger partial charge in [-0.3, -0.25) is 0 Å². The van der Waals surface area contributed by atoms with Crippen LogP contribution in [0.5, 0.6) is 0 Å². The second-order valence-electron chi connectivity index (χ2n) is 5.64. The molecule has 1 aliphatic rings. The van der Waals surface area contributed by atoms with E-state index < -0.39 is 0 Å². The van der Waals surface area contributed by atoms with Crippen molar-refractivity contribution < 1.29 is 0 Å². The van der Waals surface area contributed by atoms with Crippen molar-refractivity contribution in [3.05, 3.63) is 34.3 Å². The van der Waals surface area contributed by atoms with Gasteiger partial charge in [0.1, 0.15) is 0 Å². The number of rotatable bonds is 3. The van der Waals surface area contributed by atoms with Crippen molar-refractivity contribution in [2.75, 3.05) is 0 Å². The Labute approximate surface area is 109 Å². The highest BCUT2D eigenvalue weighted by Gasteiger charge is 2.26. The first-order valence-electron chi connectivity index (χ1n) is 6.57. The number of halogens is 1. The maximum Gasteiger partial charge on any atom is 0.0441 e. The van der Waals surface area contributed by atoms with Gasteiger partial charge in [-0.25, -0.2) is 0 Å². The van der Waals surface area contributed by atoms with Gasteiger partial charge in [-0.05, 0) is 55.2 Å². The smallest absolute Gasteiger partial charge is 0.0441 e. The summed E-state index contributed by atoms with van der Waals surface area (Å²) in [7, 11) is 0. The van der Waals surface area contributed by atoms with Crippen molar-refractivity contribution in [3.63, 3.8) is 0 Å². The van der Waals surface area contributed by atoms with E-state index in [4.69, 9.17) is 17.3 Å². The molecule has 0 heterocycles. The minimum Gasteiger partial charge on any atom is -0.327 e. The molecule has 1 aromatic rings. The summed E-state index contributed by atoms with van der Waals surface area (Å²) in [6, 6.07) is 6.53. The first-order chi connectivity index (χ1) is 8.06. The normalized spacial score (nSPS) is 26.1. The van der Waals surface area contributed by atoms with E-state index >= 15 is 0 Å². The van der Waals surface area contributed by atoms with Crippen LogP contribution in [0.2, 0.25) is 5.02 Å². The van der Waals surface area contributed by atoms with Gasteiger partial charge < -0.3 is 5.73 Å². The summed E-state index contributed by atoms with van der Waals surface area (Å²) in [4.78, 5) is 0. The van der Waals surface area contributed by atoms with Crippen molar-refractivity contribution in [1.82, 2.24) is 0 Å². The zero-order chi connectivity index (χ0) is 12.4. The first-order valence-corrected chi connectivity index (χ1v) is 6.94. The van der Waals surface area contributed by atoms with Crippen molar-refractivity contribution in [2.24, 2.45) is 17.6 Å². The molecule has 0 bridgehead atoms. The third kappa shape index (κ3) is 3.23. The summed E-state index contributed by atoms with van der Waals surface area (Å²) in [5.41, 5.74) is 8.73. The molecule has 1 nitrogen and oxygen atoms in total. The van der Waals surface area contributed by atoms with Crippen LogP contribution in [0.15, 0.2) is 18.2 Å². The molecule has 3 unspecified atom stereocenters. The Hall–Kier alpha value is -0.530.